The molecule has 0 aliphatic carbocycles. The molecule has 0 N–H and O–H groups in total. The summed E-state index contributed by atoms with van der Waals surface area (Å²) < 4.78 is 5.01. The van der Waals surface area contributed by atoms with Crippen LogP contribution in [0, 0.1) is 5.92 Å². The van der Waals surface area contributed by atoms with Gasteiger partial charge in [-0.15, -0.1) is 0 Å². The molecule has 108 valence electrons. The lowest BCUT2D eigenvalue weighted by atomic mass is 9.96. The van der Waals surface area contributed by atoms with E-state index in [1.807, 2.05) is 0 Å². The number of hydrogen-bond acceptors (Lipinski definition) is 4. The number of amides is 1. The van der Waals surface area contributed by atoms with Crippen LogP contribution in [0.5, 0.6) is 0 Å². The maximum Gasteiger partial charge on any atom is 0.309 e. The summed E-state index contributed by atoms with van der Waals surface area (Å²) >= 11 is 5.70. The van der Waals surface area contributed by atoms with E-state index in [0.717, 1.165) is 0 Å². The van der Waals surface area contributed by atoms with Gasteiger partial charge in [-0.1, -0.05) is 11.6 Å². The van der Waals surface area contributed by atoms with E-state index < -0.39 is 0 Å². The number of carbonyl (C=O) groups is 2. The van der Waals surface area contributed by atoms with Crippen LogP contribution in [0.1, 0.15) is 30.1 Å². The summed E-state index contributed by atoms with van der Waals surface area (Å²) in [5.41, 5.74) is 0.518. The number of nitrogens with zero attached hydrogens (tertiary/aromatic N) is 2. The Morgan fingerprint density at radius 3 is 2.65 bits per heavy atom. The zero-order valence-corrected chi connectivity index (χ0v) is 12.1. The van der Waals surface area contributed by atoms with Crippen LogP contribution in [0.3, 0.4) is 0 Å². The topological polar surface area (TPSA) is 59.5 Å². The summed E-state index contributed by atoms with van der Waals surface area (Å²) in [6.45, 7) is 3.31. The lowest BCUT2D eigenvalue weighted by Crippen LogP contribution is -2.40. The van der Waals surface area contributed by atoms with Gasteiger partial charge in [0.15, 0.2) is 0 Å². The molecule has 2 heterocycles. The third-order valence-corrected chi connectivity index (χ3v) is 3.60. The quantitative estimate of drug-likeness (QED) is 0.633. The predicted octanol–water partition coefficient (Wildman–Crippen LogP) is 2.15. The number of piperidine rings is 1. The highest BCUT2D eigenvalue weighted by atomic mass is 35.5. The number of aromatic nitrogens is 1. The second kappa shape index (κ2) is 6.70. The molecule has 0 aromatic carbocycles. The van der Waals surface area contributed by atoms with Gasteiger partial charge in [-0.05, 0) is 31.9 Å². The first-order chi connectivity index (χ1) is 9.61. The van der Waals surface area contributed by atoms with Gasteiger partial charge in [0.25, 0.3) is 5.91 Å². The molecule has 1 aliphatic rings. The fraction of sp³-hybridized carbons (Fsp3) is 0.500. The minimum absolute atomic E-state index is 0.0727. The highest BCUT2D eigenvalue weighted by molar-refractivity contribution is 6.29. The van der Waals surface area contributed by atoms with Crippen molar-refractivity contribution in [2.75, 3.05) is 19.7 Å². The molecule has 0 bridgehead atoms. The molecule has 1 amide bonds. The average Bonchev–Trinajstić information content (AvgIpc) is 2.48. The van der Waals surface area contributed by atoms with Gasteiger partial charge in [0.1, 0.15) is 5.15 Å². The van der Waals surface area contributed by atoms with Gasteiger partial charge in [0.2, 0.25) is 0 Å². The minimum atomic E-state index is -0.159. The number of pyridine rings is 1. The maximum atomic E-state index is 12.2. The number of ether oxygens (including phenoxy) is 1. The number of hydrogen-bond donors (Lipinski definition) is 0. The van der Waals surface area contributed by atoms with Gasteiger partial charge < -0.3 is 9.64 Å². The van der Waals surface area contributed by atoms with Crippen LogP contribution in [-0.4, -0.2) is 41.5 Å². The van der Waals surface area contributed by atoms with Crippen LogP contribution in [0.15, 0.2) is 18.3 Å². The molecule has 0 spiro atoms. The Bertz CT molecular complexity index is 482. The molecular weight excluding hydrogens is 280 g/mol. The fourth-order valence-electron chi connectivity index (χ4n) is 2.26. The molecule has 1 aliphatic heterocycles. The first kappa shape index (κ1) is 14.8. The summed E-state index contributed by atoms with van der Waals surface area (Å²) in [5, 5.41) is 0.363. The second-order valence-corrected chi connectivity index (χ2v) is 5.08. The lowest BCUT2D eigenvalue weighted by molar-refractivity contribution is -0.149. The third kappa shape index (κ3) is 3.48. The van der Waals surface area contributed by atoms with E-state index in [1.165, 1.54) is 6.20 Å². The minimum Gasteiger partial charge on any atom is -0.466 e. The zero-order valence-electron chi connectivity index (χ0n) is 11.3. The molecule has 1 saturated heterocycles. The third-order valence-electron chi connectivity index (χ3n) is 3.38. The Morgan fingerprint density at radius 1 is 1.40 bits per heavy atom. The first-order valence-corrected chi connectivity index (χ1v) is 7.07. The molecule has 0 radical (unpaired) electrons. The smallest absolute Gasteiger partial charge is 0.309 e. The largest absolute Gasteiger partial charge is 0.466 e. The number of halogens is 1. The molecule has 20 heavy (non-hydrogen) atoms. The maximum absolute atomic E-state index is 12.2. The van der Waals surface area contributed by atoms with Gasteiger partial charge in [-0.25, -0.2) is 4.98 Å². The second-order valence-electron chi connectivity index (χ2n) is 4.69. The van der Waals surface area contributed by atoms with E-state index in [4.69, 9.17) is 16.3 Å². The van der Waals surface area contributed by atoms with Crippen LogP contribution >= 0.6 is 11.6 Å². The van der Waals surface area contributed by atoms with E-state index in [9.17, 15) is 9.59 Å². The van der Waals surface area contributed by atoms with Crippen LogP contribution in [-0.2, 0) is 9.53 Å². The molecule has 5 nitrogen and oxygen atoms in total. The Labute approximate surface area is 122 Å². The van der Waals surface area contributed by atoms with Gasteiger partial charge in [-0.2, -0.15) is 0 Å². The summed E-state index contributed by atoms with van der Waals surface area (Å²) in [4.78, 5) is 29.5. The first-order valence-electron chi connectivity index (χ1n) is 6.69. The van der Waals surface area contributed by atoms with Crippen molar-refractivity contribution in [3.05, 3.63) is 29.0 Å². The number of esters is 1. The van der Waals surface area contributed by atoms with Crippen molar-refractivity contribution in [1.29, 1.82) is 0 Å². The molecule has 0 atom stereocenters. The van der Waals surface area contributed by atoms with Crippen molar-refractivity contribution in [2.24, 2.45) is 5.92 Å². The lowest BCUT2D eigenvalue weighted by Gasteiger charge is -2.30. The van der Waals surface area contributed by atoms with Crippen molar-refractivity contribution in [2.45, 2.75) is 19.8 Å². The van der Waals surface area contributed by atoms with Gasteiger partial charge in [0.05, 0.1) is 18.1 Å². The van der Waals surface area contributed by atoms with Crippen LogP contribution < -0.4 is 0 Å². The Balaban J connectivity index is 1.92. The van der Waals surface area contributed by atoms with E-state index >= 15 is 0 Å². The Morgan fingerprint density at radius 2 is 2.10 bits per heavy atom. The fourth-order valence-corrected chi connectivity index (χ4v) is 2.38. The van der Waals surface area contributed by atoms with E-state index in [0.29, 0.717) is 43.3 Å². The highest BCUT2D eigenvalue weighted by Gasteiger charge is 2.28. The number of rotatable bonds is 3. The number of carbonyl (C=O) groups excluding carboxylic acids is 2. The normalized spacial score (nSPS) is 16.0. The summed E-state index contributed by atoms with van der Waals surface area (Å²) in [7, 11) is 0. The van der Waals surface area contributed by atoms with Gasteiger partial charge in [0, 0.05) is 19.3 Å². The summed E-state index contributed by atoms with van der Waals surface area (Å²) in [6, 6.07) is 3.26. The van der Waals surface area contributed by atoms with Crippen molar-refractivity contribution >= 4 is 23.5 Å². The van der Waals surface area contributed by atoms with Gasteiger partial charge >= 0.3 is 5.97 Å². The summed E-state index contributed by atoms with van der Waals surface area (Å²) in [6.07, 6.45) is 2.76. The predicted molar refractivity (Wildman–Crippen MR) is 74.5 cm³/mol. The van der Waals surface area contributed by atoms with Crippen LogP contribution in [0.2, 0.25) is 5.15 Å². The Hall–Kier alpha value is -1.62. The molecule has 1 aromatic heterocycles. The van der Waals surface area contributed by atoms with Crippen molar-refractivity contribution in [1.82, 2.24) is 9.88 Å². The molecular formula is C14H17ClN2O3. The van der Waals surface area contributed by atoms with Crippen LogP contribution in [0.4, 0.5) is 0 Å². The summed E-state index contributed by atoms with van der Waals surface area (Å²) in [5.74, 6) is -0.327. The zero-order chi connectivity index (χ0) is 14.5. The molecule has 6 heteroatoms. The molecule has 1 aromatic rings. The standard InChI is InChI=1S/C14H17ClN2O3/c1-2-20-14(19)10-5-7-17(8-6-10)13(18)11-3-4-12(15)16-9-11/h3-4,9-10H,2,5-8H2,1H3. The van der Waals surface area contributed by atoms with E-state index in [2.05, 4.69) is 4.98 Å². The van der Waals surface area contributed by atoms with Crippen molar-refractivity contribution in [3.63, 3.8) is 0 Å². The van der Waals surface area contributed by atoms with E-state index in [1.54, 1.807) is 24.0 Å². The van der Waals surface area contributed by atoms with Gasteiger partial charge in [-0.3, -0.25) is 9.59 Å². The highest BCUT2D eigenvalue weighted by Crippen LogP contribution is 2.20. The van der Waals surface area contributed by atoms with Crippen molar-refractivity contribution in [3.8, 4) is 0 Å². The van der Waals surface area contributed by atoms with Crippen LogP contribution in [0.25, 0.3) is 0 Å². The molecule has 2 rings (SSSR count). The molecule has 0 saturated carbocycles. The molecule has 1 fully saturated rings. The average molecular weight is 297 g/mol. The monoisotopic (exact) mass is 296 g/mol. The van der Waals surface area contributed by atoms with E-state index in [-0.39, 0.29) is 17.8 Å². The Kier molecular flexibility index (Phi) is 4.95. The SMILES string of the molecule is CCOC(=O)C1CCN(C(=O)c2ccc(Cl)nc2)CC1. The molecule has 0 unspecified atom stereocenters. The van der Waals surface area contributed by atoms with Crippen molar-refractivity contribution < 1.29 is 14.3 Å². The number of likely N-dealkylation sites (tertiary alicyclic amines) is 1.